The zero-order chi connectivity index (χ0) is 13.3. The zero-order valence-corrected chi connectivity index (χ0v) is 11.7. The van der Waals surface area contributed by atoms with Crippen LogP contribution in [0.25, 0.3) is 5.82 Å². The van der Waals surface area contributed by atoms with Crippen molar-refractivity contribution in [2.75, 3.05) is 12.4 Å². The largest absolute Gasteiger partial charge is 0.373 e. The summed E-state index contributed by atoms with van der Waals surface area (Å²) in [6, 6.07) is 0. The van der Waals surface area contributed by atoms with Crippen molar-refractivity contribution in [3.05, 3.63) is 28.8 Å². The summed E-state index contributed by atoms with van der Waals surface area (Å²) >= 11 is 6.04. The molecule has 2 rings (SSSR count). The van der Waals surface area contributed by atoms with Gasteiger partial charge in [0.2, 0.25) is 0 Å². The van der Waals surface area contributed by atoms with Crippen molar-refractivity contribution in [2.24, 2.45) is 0 Å². The fourth-order valence-corrected chi connectivity index (χ4v) is 1.98. The Kier molecular flexibility index (Phi) is 3.52. The Labute approximate surface area is 111 Å². The van der Waals surface area contributed by atoms with Crippen LogP contribution in [-0.4, -0.2) is 26.8 Å². The van der Waals surface area contributed by atoms with E-state index in [2.05, 4.69) is 34.2 Å². The maximum Gasteiger partial charge on any atom is 0.162 e. The lowest BCUT2D eigenvalue weighted by Crippen LogP contribution is -2.09. The first-order chi connectivity index (χ1) is 8.54. The van der Waals surface area contributed by atoms with Crippen LogP contribution in [0.2, 0.25) is 5.02 Å². The summed E-state index contributed by atoms with van der Waals surface area (Å²) in [5, 5.41) is 8.08. The van der Waals surface area contributed by atoms with Crippen LogP contribution in [-0.2, 0) is 0 Å². The molecule has 1 N–H and O–H groups in total. The summed E-state index contributed by atoms with van der Waals surface area (Å²) in [7, 11) is 1.85. The number of hydrogen-bond acceptors (Lipinski definition) is 4. The smallest absolute Gasteiger partial charge is 0.162 e. The predicted octanol–water partition coefficient (Wildman–Crippen LogP) is 2.79. The molecule has 0 unspecified atom stereocenters. The summed E-state index contributed by atoms with van der Waals surface area (Å²) in [6.45, 7) is 6.07. The van der Waals surface area contributed by atoms with Crippen LogP contribution < -0.4 is 5.32 Å². The minimum Gasteiger partial charge on any atom is -0.373 e. The third kappa shape index (κ3) is 2.18. The van der Waals surface area contributed by atoms with Crippen LogP contribution in [0.4, 0.5) is 5.82 Å². The Bertz CT molecular complexity index is 542. The van der Waals surface area contributed by atoms with Crippen molar-refractivity contribution in [1.29, 1.82) is 0 Å². The molecule has 0 aromatic carbocycles. The van der Waals surface area contributed by atoms with Crippen LogP contribution in [0.3, 0.4) is 0 Å². The maximum atomic E-state index is 6.04. The molecule has 2 aromatic rings. The molecule has 0 atom stereocenters. The zero-order valence-electron chi connectivity index (χ0n) is 10.9. The highest BCUT2D eigenvalue weighted by molar-refractivity contribution is 6.31. The van der Waals surface area contributed by atoms with Crippen molar-refractivity contribution in [3.8, 4) is 5.82 Å². The third-order valence-electron chi connectivity index (χ3n) is 2.73. The molecular weight excluding hydrogens is 250 g/mol. The van der Waals surface area contributed by atoms with Crippen molar-refractivity contribution >= 4 is 17.4 Å². The lowest BCUT2D eigenvalue weighted by Gasteiger charge is -2.15. The topological polar surface area (TPSA) is 55.6 Å². The van der Waals surface area contributed by atoms with E-state index in [4.69, 9.17) is 11.6 Å². The highest BCUT2D eigenvalue weighted by atomic mass is 35.5. The van der Waals surface area contributed by atoms with Gasteiger partial charge in [0.25, 0.3) is 0 Å². The van der Waals surface area contributed by atoms with Gasteiger partial charge in [-0.15, -0.1) is 0 Å². The van der Waals surface area contributed by atoms with Gasteiger partial charge in [0.15, 0.2) is 5.82 Å². The van der Waals surface area contributed by atoms with E-state index in [-0.39, 0.29) is 5.92 Å². The molecule has 0 spiro atoms. The van der Waals surface area contributed by atoms with Gasteiger partial charge in [-0.2, -0.15) is 5.10 Å². The van der Waals surface area contributed by atoms with E-state index in [1.165, 1.54) is 6.33 Å². The lowest BCUT2D eigenvalue weighted by molar-refractivity contribution is 0.769. The number of hydrogen-bond donors (Lipinski definition) is 1. The second-order valence-corrected chi connectivity index (χ2v) is 4.78. The van der Waals surface area contributed by atoms with Gasteiger partial charge in [0.1, 0.15) is 12.1 Å². The summed E-state index contributed by atoms with van der Waals surface area (Å²) in [5.74, 6) is 1.87. The Hall–Kier alpha value is -1.62. The molecule has 0 aliphatic carbocycles. The second kappa shape index (κ2) is 4.94. The first kappa shape index (κ1) is 12.8. The fraction of sp³-hybridized carbons (Fsp3) is 0.417. The number of aryl methyl sites for hydroxylation is 1. The Balaban J connectivity index is 2.63. The average molecular weight is 266 g/mol. The van der Waals surface area contributed by atoms with Crippen LogP contribution in [0.15, 0.2) is 12.5 Å². The van der Waals surface area contributed by atoms with Gasteiger partial charge in [-0.25, -0.2) is 14.6 Å². The van der Waals surface area contributed by atoms with Gasteiger partial charge in [-0.1, -0.05) is 25.4 Å². The minimum atomic E-state index is 0.284. The summed E-state index contributed by atoms with van der Waals surface area (Å²) in [5.41, 5.74) is 1.81. The van der Waals surface area contributed by atoms with E-state index in [1.54, 1.807) is 10.9 Å². The van der Waals surface area contributed by atoms with E-state index >= 15 is 0 Å². The Morgan fingerprint density at radius 1 is 1.33 bits per heavy atom. The number of nitrogens with zero attached hydrogens (tertiary/aromatic N) is 4. The van der Waals surface area contributed by atoms with E-state index < -0.39 is 0 Å². The molecule has 0 aliphatic rings. The van der Waals surface area contributed by atoms with E-state index in [0.717, 1.165) is 22.9 Å². The molecule has 18 heavy (non-hydrogen) atoms. The summed E-state index contributed by atoms with van der Waals surface area (Å²) in [4.78, 5) is 8.56. The summed E-state index contributed by atoms with van der Waals surface area (Å²) in [6.07, 6.45) is 3.29. The number of rotatable bonds is 3. The van der Waals surface area contributed by atoms with Gasteiger partial charge >= 0.3 is 0 Å². The van der Waals surface area contributed by atoms with Gasteiger partial charge in [-0.05, 0) is 12.8 Å². The number of aromatic nitrogens is 4. The average Bonchev–Trinajstić information content (AvgIpc) is 2.68. The molecule has 0 fully saturated rings. The number of nitrogens with one attached hydrogen (secondary N) is 1. The first-order valence-electron chi connectivity index (χ1n) is 5.79. The molecule has 0 saturated carbocycles. The lowest BCUT2D eigenvalue weighted by atomic mass is 10.0. The minimum absolute atomic E-state index is 0.284. The van der Waals surface area contributed by atoms with Gasteiger partial charge in [0, 0.05) is 12.6 Å². The Morgan fingerprint density at radius 3 is 2.56 bits per heavy atom. The molecule has 0 saturated heterocycles. The normalized spacial score (nSPS) is 11.0. The molecule has 0 bridgehead atoms. The van der Waals surface area contributed by atoms with E-state index in [1.807, 2.05) is 14.0 Å². The molecule has 6 heteroatoms. The second-order valence-electron chi connectivity index (χ2n) is 4.37. The first-order valence-corrected chi connectivity index (χ1v) is 6.17. The Morgan fingerprint density at radius 2 is 2.06 bits per heavy atom. The molecular formula is C12H16ClN5. The van der Waals surface area contributed by atoms with Crippen LogP contribution >= 0.6 is 11.6 Å². The van der Waals surface area contributed by atoms with Crippen molar-refractivity contribution in [1.82, 2.24) is 19.7 Å². The van der Waals surface area contributed by atoms with Crippen LogP contribution in [0.1, 0.15) is 31.0 Å². The van der Waals surface area contributed by atoms with Crippen molar-refractivity contribution < 1.29 is 0 Å². The van der Waals surface area contributed by atoms with E-state index in [0.29, 0.717) is 5.02 Å². The van der Waals surface area contributed by atoms with Crippen molar-refractivity contribution in [2.45, 2.75) is 26.7 Å². The van der Waals surface area contributed by atoms with Crippen LogP contribution in [0.5, 0.6) is 0 Å². The molecule has 96 valence electrons. The maximum absolute atomic E-state index is 6.04. The van der Waals surface area contributed by atoms with Gasteiger partial charge in [0.05, 0.1) is 16.9 Å². The molecule has 0 amide bonds. The predicted molar refractivity (Wildman–Crippen MR) is 72.5 cm³/mol. The molecule has 2 heterocycles. The summed E-state index contributed by atoms with van der Waals surface area (Å²) < 4.78 is 1.70. The molecule has 5 nitrogen and oxygen atoms in total. The molecule has 0 aliphatic heterocycles. The SMILES string of the molecule is CNc1ncnc(-n2cc(Cl)c(C)n2)c1C(C)C. The van der Waals surface area contributed by atoms with E-state index in [9.17, 15) is 0 Å². The van der Waals surface area contributed by atoms with Gasteiger partial charge in [-0.3, -0.25) is 0 Å². The quantitative estimate of drug-likeness (QED) is 0.927. The highest BCUT2D eigenvalue weighted by Crippen LogP contribution is 2.27. The highest BCUT2D eigenvalue weighted by Gasteiger charge is 2.17. The number of anilines is 1. The van der Waals surface area contributed by atoms with Gasteiger partial charge < -0.3 is 5.32 Å². The molecule has 0 radical (unpaired) electrons. The van der Waals surface area contributed by atoms with Crippen LogP contribution in [0, 0.1) is 6.92 Å². The standard InChI is InChI=1S/C12H16ClN5/c1-7(2)10-11(14-4)15-6-16-12(10)18-5-9(13)8(3)17-18/h5-7H,1-4H3,(H,14,15,16). The molecule has 2 aromatic heterocycles. The fourth-order valence-electron chi connectivity index (χ4n) is 1.85. The number of halogens is 1. The monoisotopic (exact) mass is 265 g/mol. The van der Waals surface area contributed by atoms with Crippen molar-refractivity contribution in [3.63, 3.8) is 0 Å². The third-order valence-corrected chi connectivity index (χ3v) is 3.10.